The number of para-hydroxylation sites is 1. The van der Waals surface area contributed by atoms with E-state index in [0.29, 0.717) is 17.1 Å². The van der Waals surface area contributed by atoms with Crippen LogP contribution in [-0.4, -0.2) is 12.2 Å². The molecule has 0 aliphatic rings. The highest BCUT2D eigenvalue weighted by molar-refractivity contribution is 5.81. The molecule has 1 aromatic heterocycles. The third-order valence-electron chi connectivity index (χ3n) is 3.53. The van der Waals surface area contributed by atoms with Gasteiger partial charge in [0.25, 0.3) is 0 Å². The molecule has 0 saturated carbocycles. The van der Waals surface area contributed by atoms with Gasteiger partial charge in [-0.05, 0) is 30.7 Å². The lowest BCUT2D eigenvalue weighted by Crippen LogP contribution is -2.01. The normalized spacial score (nSPS) is 12.6. The predicted octanol–water partition coefficient (Wildman–Crippen LogP) is 3.97. The van der Waals surface area contributed by atoms with Crippen LogP contribution < -0.4 is 4.74 Å². The van der Waals surface area contributed by atoms with Crippen molar-refractivity contribution < 1.29 is 18.7 Å². The molecular weight excluding hydrogens is 271 g/mol. The summed E-state index contributed by atoms with van der Waals surface area (Å²) in [5, 5.41) is 11.2. The summed E-state index contributed by atoms with van der Waals surface area (Å²) in [6.07, 6.45) is -1.15. The van der Waals surface area contributed by atoms with Gasteiger partial charge in [-0.25, -0.2) is 4.39 Å². The Bertz CT molecular complexity index is 792. The Kier molecular flexibility index (Phi) is 3.39. The van der Waals surface area contributed by atoms with Gasteiger partial charge in [0.2, 0.25) is 0 Å². The first-order chi connectivity index (χ1) is 10.1. The molecule has 0 aliphatic heterocycles. The first-order valence-electron chi connectivity index (χ1n) is 6.60. The van der Waals surface area contributed by atoms with Crippen molar-refractivity contribution in [3.8, 4) is 5.75 Å². The molecule has 0 spiro atoms. The van der Waals surface area contributed by atoms with Crippen LogP contribution in [0.15, 0.2) is 46.9 Å². The van der Waals surface area contributed by atoms with E-state index in [0.717, 1.165) is 10.9 Å². The van der Waals surface area contributed by atoms with Gasteiger partial charge in [0.05, 0.1) is 7.11 Å². The van der Waals surface area contributed by atoms with Crippen molar-refractivity contribution in [3.63, 3.8) is 0 Å². The van der Waals surface area contributed by atoms with Gasteiger partial charge < -0.3 is 14.3 Å². The van der Waals surface area contributed by atoms with E-state index in [4.69, 9.17) is 9.15 Å². The van der Waals surface area contributed by atoms with E-state index >= 15 is 0 Å². The number of methoxy groups -OCH3 is 1. The van der Waals surface area contributed by atoms with Crippen LogP contribution in [0.2, 0.25) is 0 Å². The number of aliphatic hydroxyl groups is 1. The van der Waals surface area contributed by atoms with Gasteiger partial charge in [0.1, 0.15) is 29.0 Å². The van der Waals surface area contributed by atoms with Crippen LogP contribution in [0.1, 0.15) is 23.0 Å². The number of aryl methyl sites for hydroxylation is 1. The molecule has 0 fully saturated rings. The molecule has 3 nitrogen and oxygen atoms in total. The molecular formula is C17H15FO3. The van der Waals surface area contributed by atoms with Gasteiger partial charge in [0, 0.05) is 17.0 Å². The fourth-order valence-corrected chi connectivity index (χ4v) is 2.37. The molecule has 2 aromatic carbocycles. The lowest BCUT2D eigenvalue weighted by molar-refractivity contribution is 0.187. The summed E-state index contributed by atoms with van der Waals surface area (Å²) in [4.78, 5) is 0. The first-order valence-corrected chi connectivity index (χ1v) is 6.60. The Hall–Kier alpha value is -2.33. The smallest absolute Gasteiger partial charge is 0.139 e. The minimum absolute atomic E-state index is 0.160. The van der Waals surface area contributed by atoms with E-state index in [1.54, 1.807) is 12.1 Å². The maximum absolute atomic E-state index is 14.0. The highest BCUT2D eigenvalue weighted by Crippen LogP contribution is 2.31. The lowest BCUT2D eigenvalue weighted by atomic mass is 10.1. The fourth-order valence-electron chi connectivity index (χ4n) is 2.37. The molecule has 0 aliphatic carbocycles. The SMILES string of the molecule is COc1ccc(C(O)c2cc3cccc(C)c3o2)c(F)c1. The van der Waals surface area contributed by atoms with E-state index < -0.39 is 11.9 Å². The van der Waals surface area contributed by atoms with Crippen molar-refractivity contribution in [3.05, 3.63) is 65.2 Å². The summed E-state index contributed by atoms with van der Waals surface area (Å²) >= 11 is 0. The molecule has 1 heterocycles. The van der Waals surface area contributed by atoms with Crippen molar-refractivity contribution in [2.75, 3.05) is 7.11 Å². The Morgan fingerprint density at radius 2 is 2.00 bits per heavy atom. The number of ether oxygens (including phenoxy) is 1. The zero-order valence-corrected chi connectivity index (χ0v) is 11.8. The second-order valence-electron chi connectivity index (χ2n) is 4.93. The number of fused-ring (bicyclic) bond motifs is 1. The number of furan rings is 1. The van der Waals surface area contributed by atoms with E-state index in [1.165, 1.54) is 19.2 Å². The first kappa shape index (κ1) is 13.6. The Balaban J connectivity index is 2.04. The number of benzene rings is 2. The monoisotopic (exact) mass is 286 g/mol. The molecule has 4 heteroatoms. The topological polar surface area (TPSA) is 42.6 Å². The summed E-state index contributed by atoms with van der Waals surface area (Å²) in [5.74, 6) is 0.200. The van der Waals surface area contributed by atoms with Crippen LogP contribution in [-0.2, 0) is 0 Å². The van der Waals surface area contributed by atoms with Crippen LogP contribution >= 0.6 is 0 Å². The number of rotatable bonds is 3. The molecule has 3 aromatic rings. The van der Waals surface area contributed by atoms with Crippen LogP contribution in [0.3, 0.4) is 0 Å². The zero-order chi connectivity index (χ0) is 15.0. The van der Waals surface area contributed by atoms with E-state index in [1.807, 2.05) is 25.1 Å². The highest BCUT2D eigenvalue weighted by atomic mass is 19.1. The van der Waals surface area contributed by atoms with Crippen molar-refractivity contribution in [2.24, 2.45) is 0 Å². The number of hydrogen-bond donors (Lipinski definition) is 1. The van der Waals surface area contributed by atoms with Crippen LogP contribution in [0.4, 0.5) is 4.39 Å². The minimum atomic E-state index is -1.15. The van der Waals surface area contributed by atoms with Crippen molar-refractivity contribution >= 4 is 11.0 Å². The number of aliphatic hydroxyl groups excluding tert-OH is 1. The quantitative estimate of drug-likeness (QED) is 0.792. The lowest BCUT2D eigenvalue weighted by Gasteiger charge is -2.10. The highest BCUT2D eigenvalue weighted by Gasteiger charge is 2.20. The van der Waals surface area contributed by atoms with Crippen LogP contribution in [0.5, 0.6) is 5.75 Å². The molecule has 3 rings (SSSR count). The van der Waals surface area contributed by atoms with Crippen LogP contribution in [0, 0.1) is 12.7 Å². The molecule has 0 amide bonds. The third kappa shape index (κ3) is 2.38. The number of halogens is 1. The van der Waals surface area contributed by atoms with Crippen molar-refractivity contribution in [1.82, 2.24) is 0 Å². The molecule has 108 valence electrons. The number of hydrogen-bond acceptors (Lipinski definition) is 3. The molecule has 0 bridgehead atoms. The molecule has 1 unspecified atom stereocenters. The summed E-state index contributed by atoms with van der Waals surface area (Å²) < 4.78 is 24.7. The van der Waals surface area contributed by atoms with E-state index in [9.17, 15) is 9.50 Å². The van der Waals surface area contributed by atoms with Gasteiger partial charge in [-0.2, -0.15) is 0 Å². The van der Waals surface area contributed by atoms with Gasteiger partial charge in [-0.3, -0.25) is 0 Å². The van der Waals surface area contributed by atoms with Crippen molar-refractivity contribution in [2.45, 2.75) is 13.0 Å². The molecule has 1 N–H and O–H groups in total. The van der Waals surface area contributed by atoms with Gasteiger partial charge in [-0.15, -0.1) is 0 Å². The molecule has 0 saturated heterocycles. The maximum atomic E-state index is 14.0. The molecule has 1 atom stereocenters. The van der Waals surface area contributed by atoms with Crippen molar-refractivity contribution in [1.29, 1.82) is 0 Å². The Morgan fingerprint density at radius 1 is 1.19 bits per heavy atom. The second kappa shape index (κ2) is 5.22. The summed E-state index contributed by atoms with van der Waals surface area (Å²) in [6, 6.07) is 11.8. The van der Waals surface area contributed by atoms with Gasteiger partial charge in [0.15, 0.2) is 0 Å². The predicted molar refractivity (Wildman–Crippen MR) is 78.0 cm³/mol. The largest absolute Gasteiger partial charge is 0.497 e. The van der Waals surface area contributed by atoms with E-state index in [-0.39, 0.29) is 5.56 Å². The maximum Gasteiger partial charge on any atom is 0.139 e. The van der Waals surface area contributed by atoms with E-state index in [2.05, 4.69) is 0 Å². The molecule has 0 radical (unpaired) electrons. The molecule has 21 heavy (non-hydrogen) atoms. The summed E-state index contributed by atoms with van der Waals surface area (Å²) in [7, 11) is 1.47. The van der Waals surface area contributed by atoms with Gasteiger partial charge >= 0.3 is 0 Å². The third-order valence-corrected chi connectivity index (χ3v) is 3.53. The zero-order valence-electron chi connectivity index (χ0n) is 11.8. The Morgan fingerprint density at radius 3 is 2.67 bits per heavy atom. The minimum Gasteiger partial charge on any atom is -0.497 e. The summed E-state index contributed by atoms with van der Waals surface area (Å²) in [6.45, 7) is 1.93. The average molecular weight is 286 g/mol. The average Bonchev–Trinajstić information content (AvgIpc) is 2.92. The van der Waals surface area contributed by atoms with Crippen LogP contribution in [0.25, 0.3) is 11.0 Å². The fraction of sp³-hybridized carbons (Fsp3) is 0.176. The second-order valence-corrected chi connectivity index (χ2v) is 4.93. The summed E-state index contributed by atoms with van der Waals surface area (Å²) in [5.41, 5.74) is 1.84. The standard InChI is InChI=1S/C17H15FO3/c1-10-4-3-5-11-8-15(21-17(10)11)16(19)13-7-6-12(20-2)9-14(13)18/h3-9,16,19H,1-2H3. The Labute approximate surface area is 121 Å². The van der Waals surface area contributed by atoms with Gasteiger partial charge in [-0.1, -0.05) is 18.2 Å².